The number of fused-ring (bicyclic) bond motifs is 3. The van der Waals surface area contributed by atoms with Crippen molar-refractivity contribution in [1.82, 2.24) is 5.01 Å². The number of hydrazone groups is 1. The number of rotatable bonds is 1. The zero-order chi connectivity index (χ0) is 11.9. The maximum absolute atomic E-state index is 9.51. The van der Waals surface area contributed by atoms with Gasteiger partial charge in [-0.3, -0.25) is 5.01 Å². The first-order chi connectivity index (χ1) is 8.30. The van der Waals surface area contributed by atoms with Gasteiger partial charge in [-0.05, 0) is 17.4 Å². The average Bonchev–Trinajstić information content (AvgIpc) is 2.78. The van der Waals surface area contributed by atoms with E-state index in [1.54, 1.807) is 23.5 Å². The molecule has 3 rings (SSSR count). The van der Waals surface area contributed by atoms with Crippen LogP contribution in [0.3, 0.4) is 0 Å². The Kier molecular flexibility index (Phi) is 2.57. The summed E-state index contributed by atoms with van der Waals surface area (Å²) in [6, 6.07) is 10.7. The highest BCUT2D eigenvalue weighted by atomic mass is 32.2. The van der Waals surface area contributed by atoms with Crippen LogP contribution >= 0.6 is 23.5 Å². The average molecular weight is 261 g/mol. The molecule has 2 atom stereocenters. The SMILES string of the molecule is CS[C@]1(C#N)SCN2N=Cc3ccccc3[C@H]21. The lowest BCUT2D eigenvalue weighted by Crippen LogP contribution is -2.33. The molecule has 0 radical (unpaired) electrons. The van der Waals surface area contributed by atoms with Crippen molar-refractivity contribution < 1.29 is 0 Å². The minimum Gasteiger partial charge on any atom is -0.276 e. The molecule has 0 aliphatic carbocycles. The van der Waals surface area contributed by atoms with E-state index in [1.807, 2.05) is 29.6 Å². The Morgan fingerprint density at radius 3 is 3.18 bits per heavy atom. The van der Waals surface area contributed by atoms with Gasteiger partial charge in [0.25, 0.3) is 0 Å². The molecule has 0 unspecified atom stereocenters. The van der Waals surface area contributed by atoms with Gasteiger partial charge in [-0.15, -0.1) is 23.5 Å². The Labute approximate surface area is 109 Å². The monoisotopic (exact) mass is 261 g/mol. The van der Waals surface area contributed by atoms with E-state index in [2.05, 4.69) is 23.3 Å². The van der Waals surface area contributed by atoms with Crippen LogP contribution in [0.2, 0.25) is 0 Å². The van der Waals surface area contributed by atoms with E-state index in [-0.39, 0.29) is 6.04 Å². The van der Waals surface area contributed by atoms with Crippen LogP contribution < -0.4 is 0 Å². The Bertz CT molecular complexity index is 523. The van der Waals surface area contributed by atoms with Crippen LogP contribution in [-0.2, 0) is 0 Å². The van der Waals surface area contributed by atoms with Crippen LogP contribution in [0.5, 0.6) is 0 Å². The third kappa shape index (κ3) is 1.48. The van der Waals surface area contributed by atoms with E-state index in [4.69, 9.17) is 0 Å². The molecule has 2 aliphatic heterocycles. The number of nitriles is 1. The highest BCUT2D eigenvalue weighted by Crippen LogP contribution is 2.55. The molecule has 0 bridgehead atoms. The lowest BCUT2D eigenvalue weighted by Gasteiger charge is -2.32. The molecule has 2 aliphatic rings. The van der Waals surface area contributed by atoms with Crippen molar-refractivity contribution in [2.24, 2.45) is 5.10 Å². The van der Waals surface area contributed by atoms with E-state index in [9.17, 15) is 5.26 Å². The minimum atomic E-state index is -0.437. The molecule has 1 fully saturated rings. The summed E-state index contributed by atoms with van der Waals surface area (Å²) in [5, 5.41) is 16.0. The molecule has 1 saturated heterocycles. The van der Waals surface area contributed by atoms with Gasteiger partial charge in [-0.1, -0.05) is 24.3 Å². The van der Waals surface area contributed by atoms with Crippen molar-refractivity contribution in [3.05, 3.63) is 35.4 Å². The van der Waals surface area contributed by atoms with Crippen LogP contribution in [0.25, 0.3) is 0 Å². The summed E-state index contributed by atoms with van der Waals surface area (Å²) in [6.45, 7) is 0. The fourth-order valence-electron chi connectivity index (χ4n) is 2.30. The van der Waals surface area contributed by atoms with Crippen LogP contribution in [0.15, 0.2) is 29.4 Å². The van der Waals surface area contributed by atoms with Crippen molar-refractivity contribution in [1.29, 1.82) is 5.26 Å². The van der Waals surface area contributed by atoms with Crippen molar-refractivity contribution in [3.63, 3.8) is 0 Å². The molecular weight excluding hydrogens is 250 g/mol. The number of hydrogen-bond donors (Lipinski definition) is 0. The second-order valence-corrected chi connectivity index (χ2v) is 6.47. The molecule has 3 nitrogen and oxygen atoms in total. The molecule has 0 saturated carbocycles. The number of nitrogens with zero attached hydrogens (tertiary/aromatic N) is 3. The second kappa shape index (κ2) is 3.97. The summed E-state index contributed by atoms with van der Waals surface area (Å²) in [6.07, 6.45) is 3.89. The Morgan fingerprint density at radius 1 is 1.59 bits per heavy atom. The first kappa shape index (κ1) is 11.0. The zero-order valence-electron chi connectivity index (χ0n) is 9.33. The van der Waals surface area contributed by atoms with Crippen LogP contribution in [0, 0.1) is 11.3 Å². The van der Waals surface area contributed by atoms with Gasteiger partial charge in [-0.25, -0.2) is 0 Å². The molecule has 0 aromatic heterocycles. The summed E-state index contributed by atoms with van der Waals surface area (Å²) >= 11 is 3.29. The molecular formula is C12H11N3S2. The van der Waals surface area contributed by atoms with E-state index < -0.39 is 4.08 Å². The third-order valence-corrected chi connectivity index (χ3v) is 6.08. The highest BCUT2D eigenvalue weighted by molar-refractivity contribution is 8.18. The zero-order valence-corrected chi connectivity index (χ0v) is 11.0. The quantitative estimate of drug-likeness (QED) is 0.779. The normalized spacial score (nSPS) is 29.6. The van der Waals surface area contributed by atoms with Crippen LogP contribution in [-0.4, -0.2) is 27.4 Å². The standard InChI is InChI=1S/C12H11N3S2/c1-16-12(7-13)11-10-5-3-2-4-9(10)6-14-15(11)8-17-12/h2-6,11H,8H2,1H3/t11-,12+/m0/s1. The van der Waals surface area contributed by atoms with E-state index in [1.165, 1.54) is 5.56 Å². The van der Waals surface area contributed by atoms with Gasteiger partial charge in [0.2, 0.25) is 0 Å². The maximum Gasteiger partial charge on any atom is 0.175 e. The summed E-state index contributed by atoms with van der Waals surface area (Å²) in [7, 11) is 0. The van der Waals surface area contributed by atoms with Gasteiger partial charge < -0.3 is 0 Å². The van der Waals surface area contributed by atoms with Crippen molar-refractivity contribution in [3.8, 4) is 6.07 Å². The predicted molar refractivity (Wildman–Crippen MR) is 72.9 cm³/mol. The molecule has 0 amide bonds. The fourth-order valence-corrected chi connectivity index (χ4v) is 4.50. The largest absolute Gasteiger partial charge is 0.276 e. The molecule has 5 heteroatoms. The third-order valence-electron chi connectivity index (χ3n) is 3.16. The highest BCUT2D eigenvalue weighted by Gasteiger charge is 2.51. The summed E-state index contributed by atoms with van der Waals surface area (Å²) in [4.78, 5) is 0. The Hall–Kier alpha value is -1.12. The Balaban J connectivity index is 2.15. The van der Waals surface area contributed by atoms with Crippen LogP contribution in [0.1, 0.15) is 17.2 Å². The first-order valence-electron chi connectivity index (χ1n) is 5.30. The van der Waals surface area contributed by atoms with E-state index in [0.29, 0.717) is 0 Å². The van der Waals surface area contributed by atoms with Gasteiger partial charge in [0.1, 0.15) is 6.04 Å². The lowest BCUT2D eigenvalue weighted by atomic mass is 9.97. The van der Waals surface area contributed by atoms with Gasteiger partial charge in [-0.2, -0.15) is 10.4 Å². The van der Waals surface area contributed by atoms with Gasteiger partial charge >= 0.3 is 0 Å². The predicted octanol–water partition coefficient (Wildman–Crippen LogP) is 2.66. The molecule has 0 spiro atoms. The first-order valence-corrected chi connectivity index (χ1v) is 7.52. The lowest BCUT2D eigenvalue weighted by molar-refractivity contribution is 0.261. The summed E-state index contributed by atoms with van der Waals surface area (Å²) in [5.74, 6) is 0.782. The molecule has 0 N–H and O–H groups in total. The van der Waals surface area contributed by atoms with E-state index in [0.717, 1.165) is 11.4 Å². The summed E-state index contributed by atoms with van der Waals surface area (Å²) < 4.78 is -0.437. The van der Waals surface area contributed by atoms with Crippen LogP contribution in [0.4, 0.5) is 0 Å². The van der Waals surface area contributed by atoms with Gasteiger partial charge in [0.15, 0.2) is 4.08 Å². The maximum atomic E-state index is 9.51. The molecule has 1 aromatic carbocycles. The molecule has 1 aromatic rings. The van der Waals surface area contributed by atoms with Gasteiger partial charge in [0.05, 0.1) is 18.2 Å². The van der Waals surface area contributed by atoms with Crippen molar-refractivity contribution in [2.75, 3.05) is 12.1 Å². The van der Waals surface area contributed by atoms with Crippen molar-refractivity contribution in [2.45, 2.75) is 10.1 Å². The Morgan fingerprint density at radius 2 is 2.41 bits per heavy atom. The topological polar surface area (TPSA) is 39.4 Å². The number of hydrogen-bond acceptors (Lipinski definition) is 5. The fraction of sp³-hybridized carbons (Fsp3) is 0.333. The molecule has 17 heavy (non-hydrogen) atoms. The van der Waals surface area contributed by atoms with E-state index >= 15 is 0 Å². The second-order valence-electron chi connectivity index (χ2n) is 3.97. The molecule has 86 valence electrons. The number of benzene rings is 1. The minimum absolute atomic E-state index is 0.0636. The molecule has 2 heterocycles. The van der Waals surface area contributed by atoms with Crippen molar-refractivity contribution >= 4 is 29.7 Å². The summed E-state index contributed by atoms with van der Waals surface area (Å²) in [5.41, 5.74) is 2.34. The van der Waals surface area contributed by atoms with Gasteiger partial charge in [0, 0.05) is 0 Å². The number of thioether (sulfide) groups is 2. The smallest absolute Gasteiger partial charge is 0.175 e.